The van der Waals surface area contributed by atoms with Gasteiger partial charge in [-0.05, 0) is 48.2 Å². The predicted octanol–water partition coefficient (Wildman–Crippen LogP) is 4.17. The minimum absolute atomic E-state index is 0.567. The standard InChI is InChI=1S/C18H19ClO2/c1-11-3-4-13(7-12(11)2)8-17(20)16-10-15(19)9-14-5-6-21-18(14)16/h3-4,7,9-10,17,20H,5-6,8H2,1-2H3. The molecule has 0 radical (unpaired) electrons. The second kappa shape index (κ2) is 5.70. The van der Waals surface area contributed by atoms with Crippen molar-refractivity contribution < 1.29 is 9.84 Å². The Morgan fingerprint density at radius 1 is 1.19 bits per heavy atom. The molecule has 0 saturated carbocycles. The summed E-state index contributed by atoms with van der Waals surface area (Å²) in [5.74, 6) is 0.815. The quantitative estimate of drug-likeness (QED) is 0.922. The van der Waals surface area contributed by atoms with Gasteiger partial charge >= 0.3 is 0 Å². The Hall–Kier alpha value is -1.51. The molecular formula is C18H19ClO2. The lowest BCUT2D eigenvalue weighted by Crippen LogP contribution is -2.04. The molecule has 110 valence electrons. The van der Waals surface area contributed by atoms with Gasteiger partial charge < -0.3 is 9.84 Å². The molecule has 1 unspecified atom stereocenters. The summed E-state index contributed by atoms with van der Waals surface area (Å²) in [6.07, 6.45) is 0.828. The smallest absolute Gasteiger partial charge is 0.128 e. The molecule has 0 fully saturated rings. The Bertz CT molecular complexity index is 679. The van der Waals surface area contributed by atoms with Gasteiger partial charge in [0.2, 0.25) is 0 Å². The molecule has 2 aromatic carbocycles. The second-order valence-electron chi connectivity index (χ2n) is 5.72. The Balaban J connectivity index is 1.89. The molecule has 0 bridgehead atoms. The molecule has 1 N–H and O–H groups in total. The zero-order chi connectivity index (χ0) is 15.0. The van der Waals surface area contributed by atoms with Crippen molar-refractivity contribution in [1.29, 1.82) is 0 Å². The molecule has 0 spiro atoms. The monoisotopic (exact) mass is 302 g/mol. The fraction of sp³-hybridized carbons (Fsp3) is 0.333. The molecule has 3 heteroatoms. The van der Waals surface area contributed by atoms with Crippen LogP contribution in [0.3, 0.4) is 0 Å². The van der Waals surface area contributed by atoms with E-state index in [9.17, 15) is 5.11 Å². The summed E-state index contributed by atoms with van der Waals surface area (Å²) in [7, 11) is 0. The zero-order valence-corrected chi connectivity index (χ0v) is 13.1. The van der Waals surface area contributed by atoms with Crippen LogP contribution in [0.5, 0.6) is 5.75 Å². The second-order valence-corrected chi connectivity index (χ2v) is 6.16. The lowest BCUT2D eigenvalue weighted by atomic mass is 9.96. The van der Waals surface area contributed by atoms with Crippen LogP contribution in [0.25, 0.3) is 0 Å². The molecule has 2 aromatic rings. The molecule has 1 aliphatic rings. The number of aliphatic hydroxyl groups is 1. The molecule has 2 nitrogen and oxygen atoms in total. The van der Waals surface area contributed by atoms with Crippen molar-refractivity contribution in [3.05, 3.63) is 63.2 Å². The number of fused-ring (bicyclic) bond motifs is 1. The van der Waals surface area contributed by atoms with Gasteiger partial charge in [-0.25, -0.2) is 0 Å². The van der Waals surface area contributed by atoms with Crippen LogP contribution in [0.15, 0.2) is 30.3 Å². The highest BCUT2D eigenvalue weighted by Crippen LogP contribution is 2.37. The predicted molar refractivity (Wildman–Crippen MR) is 85.2 cm³/mol. The van der Waals surface area contributed by atoms with Gasteiger partial charge in [-0.1, -0.05) is 29.8 Å². The molecule has 1 atom stereocenters. The minimum atomic E-state index is -0.599. The molecular weight excluding hydrogens is 284 g/mol. The highest BCUT2D eigenvalue weighted by atomic mass is 35.5. The van der Waals surface area contributed by atoms with Gasteiger partial charge in [-0.2, -0.15) is 0 Å². The molecule has 3 rings (SSSR count). The summed E-state index contributed by atoms with van der Waals surface area (Å²) < 4.78 is 5.67. The number of benzene rings is 2. The lowest BCUT2D eigenvalue weighted by molar-refractivity contribution is 0.173. The zero-order valence-electron chi connectivity index (χ0n) is 12.3. The third kappa shape index (κ3) is 2.92. The van der Waals surface area contributed by atoms with Crippen molar-refractivity contribution in [2.75, 3.05) is 6.61 Å². The Morgan fingerprint density at radius 3 is 2.76 bits per heavy atom. The van der Waals surface area contributed by atoms with Crippen LogP contribution in [0.2, 0.25) is 5.02 Å². The number of hydrogen-bond acceptors (Lipinski definition) is 2. The molecule has 21 heavy (non-hydrogen) atoms. The number of hydrogen-bond donors (Lipinski definition) is 1. The van der Waals surface area contributed by atoms with Crippen LogP contribution >= 0.6 is 11.6 Å². The summed E-state index contributed by atoms with van der Waals surface area (Å²) in [5, 5.41) is 11.2. The molecule has 1 heterocycles. The van der Waals surface area contributed by atoms with Crippen LogP contribution in [-0.2, 0) is 12.8 Å². The highest BCUT2D eigenvalue weighted by molar-refractivity contribution is 6.30. The van der Waals surface area contributed by atoms with Gasteiger partial charge in [-0.15, -0.1) is 0 Å². The largest absolute Gasteiger partial charge is 0.493 e. The van der Waals surface area contributed by atoms with E-state index in [0.29, 0.717) is 18.1 Å². The Morgan fingerprint density at radius 2 is 2.00 bits per heavy atom. The van der Waals surface area contributed by atoms with Crippen molar-refractivity contribution in [2.45, 2.75) is 32.8 Å². The van der Waals surface area contributed by atoms with Crippen LogP contribution in [-0.4, -0.2) is 11.7 Å². The first-order valence-electron chi connectivity index (χ1n) is 7.24. The molecule has 0 aromatic heterocycles. The van der Waals surface area contributed by atoms with E-state index < -0.39 is 6.10 Å². The first-order valence-corrected chi connectivity index (χ1v) is 7.61. The number of aliphatic hydroxyl groups excluding tert-OH is 1. The minimum Gasteiger partial charge on any atom is -0.493 e. The van der Waals surface area contributed by atoms with E-state index in [2.05, 4.69) is 32.0 Å². The van der Waals surface area contributed by atoms with E-state index in [-0.39, 0.29) is 0 Å². The van der Waals surface area contributed by atoms with E-state index in [1.165, 1.54) is 11.1 Å². The van der Waals surface area contributed by atoms with E-state index in [1.807, 2.05) is 12.1 Å². The van der Waals surface area contributed by atoms with Crippen molar-refractivity contribution in [3.8, 4) is 5.75 Å². The lowest BCUT2D eigenvalue weighted by Gasteiger charge is -2.16. The maximum absolute atomic E-state index is 10.6. The average molecular weight is 303 g/mol. The molecule has 0 amide bonds. The van der Waals surface area contributed by atoms with Crippen LogP contribution in [0, 0.1) is 13.8 Å². The summed E-state index contributed by atoms with van der Waals surface area (Å²) in [4.78, 5) is 0. The summed E-state index contributed by atoms with van der Waals surface area (Å²) in [5.41, 5.74) is 5.52. The highest BCUT2D eigenvalue weighted by Gasteiger charge is 2.22. The van der Waals surface area contributed by atoms with Crippen molar-refractivity contribution in [2.24, 2.45) is 0 Å². The molecule has 1 aliphatic heterocycles. The average Bonchev–Trinajstić information content (AvgIpc) is 2.90. The summed E-state index contributed by atoms with van der Waals surface area (Å²) >= 11 is 6.15. The van der Waals surface area contributed by atoms with Crippen LogP contribution in [0.4, 0.5) is 0 Å². The van der Waals surface area contributed by atoms with Crippen LogP contribution < -0.4 is 4.74 Å². The van der Waals surface area contributed by atoms with Crippen molar-refractivity contribution in [3.63, 3.8) is 0 Å². The third-order valence-corrected chi connectivity index (χ3v) is 4.35. The maximum Gasteiger partial charge on any atom is 0.128 e. The van der Waals surface area contributed by atoms with E-state index in [1.54, 1.807) is 0 Å². The van der Waals surface area contributed by atoms with Gasteiger partial charge in [0, 0.05) is 23.4 Å². The normalized spacial score (nSPS) is 14.7. The topological polar surface area (TPSA) is 29.5 Å². The maximum atomic E-state index is 10.6. The van der Waals surface area contributed by atoms with Gasteiger partial charge in [0.15, 0.2) is 0 Å². The first-order chi connectivity index (χ1) is 10.0. The third-order valence-electron chi connectivity index (χ3n) is 4.14. The fourth-order valence-corrected chi connectivity index (χ4v) is 3.06. The van der Waals surface area contributed by atoms with Crippen LogP contribution in [0.1, 0.15) is 33.9 Å². The number of halogens is 1. The van der Waals surface area contributed by atoms with Crippen molar-refractivity contribution in [1.82, 2.24) is 0 Å². The van der Waals surface area contributed by atoms with E-state index >= 15 is 0 Å². The SMILES string of the molecule is Cc1ccc(CC(O)c2cc(Cl)cc3c2OCC3)cc1C. The van der Waals surface area contributed by atoms with Gasteiger partial charge in [-0.3, -0.25) is 0 Å². The molecule has 0 saturated heterocycles. The van der Waals surface area contributed by atoms with Gasteiger partial charge in [0.05, 0.1) is 12.7 Å². The van der Waals surface area contributed by atoms with Gasteiger partial charge in [0.1, 0.15) is 5.75 Å². The first kappa shape index (κ1) is 14.4. The Labute approximate surface area is 130 Å². The molecule has 0 aliphatic carbocycles. The fourth-order valence-electron chi connectivity index (χ4n) is 2.81. The number of aryl methyl sites for hydroxylation is 2. The van der Waals surface area contributed by atoms with E-state index in [4.69, 9.17) is 16.3 Å². The van der Waals surface area contributed by atoms with Gasteiger partial charge in [0.25, 0.3) is 0 Å². The number of ether oxygens (including phenoxy) is 1. The summed E-state index contributed by atoms with van der Waals surface area (Å²) in [6.45, 7) is 4.84. The Kier molecular flexibility index (Phi) is 3.92. The summed E-state index contributed by atoms with van der Waals surface area (Å²) in [6, 6.07) is 10.0. The number of rotatable bonds is 3. The van der Waals surface area contributed by atoms with Crippen molar-refractivity contribution >= 4 is 11.6 Å². The van der Waals surface area contributed by atoms with E-state index in [0.717, 1.165) is 28.9 Å².